The smallest absolute Gasteiger partial charge is 0.235 e. The van der Waals surface area contributed by atoms with Crippen molar-refractivity contribution in [3.05, 3.63) is 27.6 Å². The fourth-order valence-electron chi connectivity index (χ4n) is 1.91. The van der Waals surface area contributed by atoms with Gasteiger partial charge in [-0.05, 0) is 40.8 Å². The number of anilines is 1. The average molecular weight is 399 g/mol. The molecule has 0 aliphatic carbocycles. The lowest BCUT2D eigenvalue weighted by Crippen LogP contribution is -2.16. The van der Waals surface area contributed by atoms with E-state index in [2.05, 4.69) is 58.7 Å². The highest BCUT2D eigenvalue weighted by molar-refractivity contribution is 14.1. The molecule has 20 heavy (non-hydrogen) atoms. The van der Waals surface area contributed by atoms with Gasteiger partial charge < -0.3 is 5.73 Å². The van der Waals surface area contributed by atoms with Crippen molar-refractivity contribution in [2.75, 3.05) is 5.73 Å². The highest BCUT2D eigenvalue weighted by Gasteiger charge is 2.23. The monoisotopic (exact) mass is 399 g/mol. The third-order valence-electron chi connectivity index (χ3n) is 2.91. The first-order chi connectivity index (χ1) is 9.36. The normalized spacial score (nSPS) is 12.2. The van der Waals surface area contributed by atoms with Crippen LogP contribution in [0.15, 0.2) is 18.2 Å². The van der Waals surface area contributed by atoms with Gasteiger partial charge in [0.05, 0.1) is 0 Å². The van der Waals surface area contributed by atoms with E-state index in [4.69, 9.17) is 5.73 Å². The fourth-order valence-corrected chi connectivity index (χ4v) is 3.28. The number of fused-ring (bicyclic) bond motifs is 1. The zero-order chi connectivity index (χ0) is 14.5. The summed E-state index contributed by atoms with van der Waals surface area (Å²) >= 11 is 3.78. The first kappa shape index (κ1) is 13.7. The number of hydrogen-bond acceptors (Lipinski definition) is 5. The van der Waals surface area contributed by atoms with Crippen LogP contribution in [0.2, 0.25) is 0 Å². The van der Waals surface area contributed by atoms with Gasteiger partial charge in [-0.1, -0.05) is 32.1 Å². The van der Waals surface area contributed by atoms with Gasteiger partial charge in [-0.3, -0.25) is 0 Å². The van der Waals surface area contributed by atoms with Crippen molar-refractivity contribution in [3.63, 3.8) is 0 Å². The van der Waals surface area contributed by atoms with E-state index in [0.29, 0.717) is 0 Å². The summed E-state index contributed by atoms with van der Waals surface area (Å²) in [4.78, 5) is 0.795. The van der Waals surface area contributed by atoms with Crippen molar-refractivity contribution < 1.29 is 0 Å². The molecule has 0 bridgehead atoms. The number of aromatic nitrogens is 4. The van der Waals surface area contributed by atoms with Crippen LogP contribution in [-0.4, -0.2) is 19.8 Å². The Morgan fingerprint density at radius 3 is 2.70 bits per heavy atom. The molecule has 0 unspecified atom stereocenters. The molecule has 104 valence electrons. The topological polar surface area (TPSA) is 69.1 Å². The van der Waals surface area contributed by atoms with E-state index < -0.39 is 0 Å². The zero-order valence-corrected chi connectivity index (χ0v) is 14.4. The Bertz CT molecular complexity index is 784. The third kappa shape index (κ3) is 2.28. The maximum absolute atomic E-state index is 6.05. The summed E-state index contributed by atoms with van der Waals surface area (Å²) < 4.78 is 2.95. The first-order valence-electron chi connectivity index (χ1n) is 6.14. The van der Waals surface area contributed by atoms with Gasteiger partial charge in [0.1, 0.15) is 5.01 Å². The number of nitrogens with two attached hydrogens (primary N) is 1. The molecule has 2 N–H and O–H groups in total. The Morgan fingerprint density at radius 2 is 2.00 bits per heavy atom. The Balaban J connectivity index is 2.19. The van der Waals surface area contributed by atoms with Crippen LogP contribution >= 0.6 is 33.9 Å². The Kier molecular flexibility index (Phi) is 3.20. The van der Waals surface area contributed by atoms with E-state index in [0.717, 1.165) is 30.6 Å². The highest BCUT2D eigenvalue weighted by Crippen LogP contribution is 2.32. The standard InChI is InChI=1S/C13H14IN5S/c1-13(2,3)11-16-17-12-19(11)18-10(20-12)8-6-7(14)4-5-9(8)15/h4-6H,15H2,1-3H3. The molecule has 0 radical (unpaired) electrons. The van der Waals surface area contributed by atoms with Crippen LogP contribution in [-0.2, 0) is 5.41 Å². The molecular formula is C13H14IN5S. The van der Waals surface area contributed by atoms with Crippen molar-refractivity contribution in [2.24, 2.45) is 0 Å². The molecule has 2 heterocycles. The van der Waals surface area contributed by atoms with Crippen LogP contribution in [0.1, 0.15) is 26.6 Å². The molecule has 0 amide bonds. The van der Waals surface area contributed by atoms with Gasteiger partial charge in [0, 0.05) is 20.2 Å². The minimum atomic E-state index is -0.0958. The summed E-state index contributed by atoms with van der Waals surface area (Å²) in [5, 5.41) is 13.9. The second-order valence-electron chi connectivity index (χ2n) is 5.61. The fraction of sp³-hybridized carbons (Fsp3) is 0.308. The quantitative estimate of drug-likeness (QED) is 0.504. The summed E-state index contributed by atoms with van der Waals surface area (Å²) in [5.74, 6) is 0.860. The molecule has 7 heteroatoms. The van der Waals surface area contributed by atoms with Gasteiger partial charge in [0.25, 0.3) is 0 Å². The van der Waals surface area contributed by atoms with Crippen molar-refractivity contribution in [1.29, 1.82) is 0 Å². The number of rotatable bonds is 1. The Labute approximate surface area is 134 Å². The molecule has 0 atom stereocenters. The van der Waals surface area contributed by atoms with E-state index >= 15 is 0 Å². The molecule has 1 aromatic carbocycles. The van der Waals surface area contributed by atoms with Gasteiger partial charge in [0.2, 0.25) is 4.96 Å². The number of benzene rings is 1. The number of hydrogen-bond donors (Lipinski definition) is 1. The lowest BCUT2D eigenvalue weighted by Gasteiger charge is -2.13. The van der Waals surface area contributed by atoms with Gasteiger partial charge in [0.15, 0.2) is 5.82 Å². The molecule has 2 aromatic heterocycles. The zero-order valence-electron chi connectivity index (χ0n) is 11.4. The largest absolute Gasteiger partial charge is 0.398 e. The third-order valence-corrected chi connectivity index (χ3v) is 4.51. The van der Waals surface area contributed by atoms with Crippen molar-refractivity contribution in [1.82, 2.24) is 19.8 Å². The van der Waals surface area contributed by atoms with E-state index in [9.17, 15) is 0 Å². The van der Waals surface area contributed by atoms with Crippen LogP contribution in [0.5, 0.6) is 0 Å². The molecular weight excluding hydrogens is 385 g/mol. The van der Waals surface area contributed by atoms with Crippen molar-refractivity contribution in [3.8, 4) is 10.6 Å². The van der Waals surface area contributed by atoms with E-state index in [1.807, 2.05) is 22.7 Å². The molecule has 0 aliphatic rings. The number of nitrogen functional groups attached to an aromatic ring is 1. The second-order valence-corrected chi connectivity index (χ2v) is 7.81. The van der Waals surface area contributed by atoms with Crippen LogP contribution < -0.4 is 5.73 Å². The maximum Gasteiger partial charge on any atom is 0.235 e. The van der Waals surface area contributed by atoms with E-state index in [1.54, 1.807) is 0 Å². The van der Waals surface area contributed by atoms with Crippen LogP contribution in [0.4, 0.5) is 5.69 Å². The molecule has 0 fully saturated rings. The van der Waals surface area contributed by atoms with E-state index in [-0.39, 0.29) is 5.41 Å². The summed E-state index contributed by atoms with van der Waals surface area (Å²) in [5.41, 5.74) is 7.64. The minimum absolute atomic E-state index is 0.0958. The van der Waals surface area contributed by atoms with E-state index in [1.165, 1.54) is 11.3 Å². The molecule has 0 saturated heterocycles. The van der Waals surface area contributed by atoms with Crippen molar-refractivity contribution in [2.45, 2.75) is 26.2 Å². The lowest BCUT2D eigenvalue weighted by molar-refractivity contribution is 0.528. The molecule has 5 nitrogen and oxygen atoms in total. The predicted molar refractivity (Wildman–Crippen MR) is 89.9 cm³/mol. The number of nitrogens with zero attached hydrogens (tertiary/aromatic N) is 4. The molecule has 0 spiro atoms. The van der Waals surface area contributed by atoms with Crippen LogP contribution in [0, 0.1) is 3.57 Å². The Morgan fingerprint density at radius 1 is 1.25 bits per heavy atom. The van der Waals surface area contributed by atoms with Gasteiger partial charge in [-0.2, -0.15) is 9.61 Å². The lowest BCUT2D eigenvalue weighted by atomic mass is 9.96. The second kappa shape index (κ2) is 4.66. The molecule has 0 aliphatic heterocycles. The van der Waals surface area contributed by atoms with Gasteiger partial charge in [-0.25, -0.2) is 0 Å². The van der Waals surface area contributed by atoms with Gasteiger partial charge >= 0.3 is 0 Å². The SMILES string of the molecule is CC(C)(C)c1nnc2sc(-c3cc(I)ccc3N)nn12. The summed E-state index contributed by atoms with van der Waals surface area (Å²) in [7, 11) is 0. The first-order valence-corrected chi connectivity index (χ1v) is 8.04. The Hall–Kier alpha value is -1.22. The molecule has 3 aromatic rings. The number of halogens is 1. The highest BCUT2D eigenvalue weighted by atomic mass is 127. The average Bonchev–Trinajstić information content (AvgIpc) is 2.89. The van der Waals surface area contributed by atoms with Gasteiger partial charge in [-0.15, -0.1) is 10.2 Å². The van der Waals surface area contributed by atoms with Crippen LogP contribution in [0.3, 0.4) is 0 Å². The molecule has 3 rings (SSSR count). The summed E-state index contributed by atoms with van der Waals surface area (Å²) in [6, 6.07) is 5.93. The molecule has 0 saturated carbocycles. The van der Waals surface area contributed by atoms with Crippen LogP contribution in [0.25, 0.3) is 15.5 Å². The summed E-state index contributed by atoms with van der Waals surface area (Å²) in [6.45, 7) is 6.30. The minimum Gasteiger partial charge on any atom is -0.398 e. The van der Waals surface area contributed by atoms with Crippen molar-refractivity contribution >= 4 is 44.6 Å². The predicted octanol–water partition coefficient (Wildman–Crippen LogP) is 3.34. The maximum atomic E-state index is 6.05. The summed E-state index contributed by atoms with van der Waals surface area (Å²) in [6.07, 6.45) is 0.